The molecular formula is C13H13BrN4O. The van der Waals surface area contributed by atoms with E-state index in [1.165, 1.54) is 0 Å². The molecule has 1 unspecified atom stereocenters. The van der Waals surface area contributed by atoms with E-state index in [9.17, 15) is 4.79 Å². The molecule has 1 aromatic carbocycles. The summed E-state index contributed by atoms with van der Waals surface area (Å²) < 4.78 is 2.68. The first-order valence-electron chi connectivity index (χ1n) is 6.08. The summed E-state index contributed by atoms with van der Waals surface area (Å²) in [6.07, 6.45) is 3.60. The van der Waals surface area contributed by atoms with Crippen molar-refractivity contribution in [2.45, 2.75) is 13.0 Å². The second-order valence-electron chi connectivity index (χ2n) is 4.35. The average Bonchev–Trinajstić information content (AvgIpc) is 2.94. The summed E-state index contributed by atoms with van der Waals surface area (Å²) >= 11 is 3.37. The highest BCUT2D eigenvalue weighted by atomic mass is 79.9. The van der Waals surface area contributed by atoms with Crippen LogP contribution < -0.4 is 10.6 Å². The van der Waals surface area contributed by atoms with Crippen molar-refractivity contribution >= 4 is 27.5 Å². The molecule has 1 aliphatic heterocycles. The quantitative estimate of drug-likeness (QED) is 0.911. The minimum Gasteiger partial charge on any atom is -0.324 e. The lowest BCUT2D eigenvalue weighted by Gasteiger charge is -2.09. The van der Waals surface area contributed by atoms with Gasteiger partial charge in [-0.15, -0.1) is 0 Å². The molecule has 2 heterocycles. The first-order chi connectivity index (χ1) is 9.19. The number of carbonyl (C=O) groups is 1. The van der Waals surface area contributed by atoms with Crippen LogP contribution in [0.15, 0.2) is 35.1 Å². The molecule has 6 heteroatoms. The zero-order chi connectivity index (χ0) is 13.4. The summed E-state index contributed by atoms with van der Waals surface area (Å²) in [5.74, 6) is -0.00403. The lowest BCUT2D eigenvalue weighted by molar-refractivity contribution is -0.117. The summed E-state index contributed by atoms with van der Waals surface area (Å²) in [5, 5.41) is 10.3. The van der Waals surface area contributed by atoms with E-state index in [0.29, 0.717) is 0 Å². The SMILES string of the molecule is CCNC1C(=O)Nc2cc(-n3cc(Br)cn3)ccc21. The van der Waals surface area contributed by atoms with Crippen LogP contribution in [0.4, 0.5) is 5.69 Å². The van der Waals surface area contributed by atoms with Gasteiger partial charge >= 0.3 is 0 Å². The Morgan fingerprint density at radius 1 is 1.53 bits per heavy atom. The first kappa shape index (κ1) is 12.4. The van der Waals surface area contributed by atoms with Crippen LogP contribution in [0.5, 0.6) is 0 Å². The second-order valence-corrected chi connectivity index (χ2v) is 5.27. The maximum atomic E-state index is 11.9. The fourth-order valence-electron chi connectivity index (χ4n) is 2.24. The molecule has 1 aromatic heterocycles. The van der Waals surface area contributed by atoms with Gasteiger partial charge in [0.1, 0.15) is 6.04 Å². The molecular weight excluding hydrogens is 308 g/mol. The molecule has 1 amide bonds. The van der Waals surface area contributed by atoms with E-state index >= 15 is 0 Å². The Labute approximate surface area is 119 Å². The van der Waals surface area contributed by atoms with Crippen LogP contribution in [0.2, 0.25) is 0 Å². The largest absolute Gasteiger partial charge is 0.324 e. The Hall–Kier alpha value is -1.66. The van der Waals surface area contributed by atoms with Crippen molar-refractivity contribution in [1.29, 1.82) is 0 Å². The third-order valence-corrected chi connectivity index (χ3v) is 3.50. The number of nitrogens with one attached hydrogen (secondary N) is 2. The molecule has 0 saturated heterocycles. The lowest BCUT2D eigenvalue weighted by Crippen LogP contribution is -2.27. The van der Waals surface area contributed by atoms with Crippen LogP contribution in [0.1, 0.15) is 18.5 Å². The highest BCUT2D eigenvalue weighted by molar-refractivity contribution is 9.10. The lowest BCUT2D eigenvalue weighted by atomic mass is 10.1. The standard InChI is InChI=1S/C13H13BrN4O/c1-2-15-12-10-4-3-9(5-11(10)17-13(12)19)18-7-8(14)6-16-18/h3-7,12,15H,2H2,1H3,(H,17,19). The number of rotatable bonds is 3. The van der Waals surface area contributed by atoms with E-state index in [1.807, 2.05) is 31.3 Å². The van der Waals surface area contributed by atoms with Crippen molar-refractivity contribution in [3.63, 3.8) is 0 Å². The molecule has 0 saturated carbocycles. The van der Waals surface area contributed by atoms with E-state index in [-0.39, 0.29) is 11.9 Å². The number of halogens is 1. The van der Waals surface area contributed by atoms with Crippen molar-refractivity contribution in [3.8, 4) is 5.69 Å². The van der Waals surface area contributed by atoms with Crippen molar-refractivity contribution in [2.75, 3.05) is 11.9 Å². The molecule has 98 valence electrons. The number of likely N-dealkylation sites (N-methyl/N-ethyl adjacent to an activating group) is 1. The second kappa shape index (κ2) is 4.79. The van der Waals surface area contributed by atoms with Crippen LogP contribution in [0.3, 0.4) is 0 Å². The number of carbonyl (C=O) groups excluding carboxylic acids is 1. The zero-order valence-electron chi connectivity index (χ0n) is 10.4. The van der Waals surface area contributed by atoms with E-state index < -0.39 is 0 Å². The van der Waals surface area contributed by atoms with Gasteiger partial charge in [-0.2, -0.15) is 5.10 Å². The molecule has 5 nitrogen and oxygen atoms in total. The van der Waals surface area contributed by atoms with Gasteiger partial charge in [0.25, 0.3) is 0 Å². The Balaban J connectivity index is 1.98. The molecule has 0 spiro atoms. The monoisotopic (exact) mass is 320 g/mol. The summed E-state index contributed by atoms with van der Waals surface area (Å²) in [6.45, 7) is 2.74. The van der Waals surface area contributed by atoms with Crippen molar-refractivity contribution in [2.24, 2.45) is 0 Å². The van der Waals surface area contributed by atoms with Crippen LogP contribution in [-0.2, 0) is 4.79 Å². The molecule has 0 bridgehead atoms. The van der Waals surface area contributed by atoms with E-state index in [4.69, 9.17) is 0 Å². The fourth-order valence-corrected chi connectivity index (χ4v) is 2.53. The maximum absolute atomic E-state index is 11.9. The van der Waals surface area contributed by atoms with E-state index in [0.717, 1.165) is 28.0 Å². The predicted molar refractivity (Wildman–Crippen MR) is 76.3 cm³/mol. The molecule has 0 radical (unpaired) electrons. The molecule has 2 N–H and O–H groups in total. The highest BCUT2D eigenvalue weighted by Gasteiger charge is 2.29. The van der Waals surface area contributed by atoms with Crippen molar-refractivity contribution in [1.82, 2.24) is 15.1 Å². The van der Waals surface area contributed by atoms with Gasteiger partial charge in [0.05, 0.1) is 16.4 Å². The van der Waals surface area contributed by atoms with Gasteiger partial charge in [-0.25, -0.2) is 4.68 Å². The summed E-state index contributed by atoms with van der Waals surface area (Å²) in [6, 6.07) is 5.61. The summed E-state index contributed by atoms with van der Waals surface area (Å²) in [4.78, 5) is 11.9. The Morgan fingerprint density at radius 3 is 3.05 bits per heavy atom. The van der Waals surface area contributed by atoms with Gasteiger partial charge in [-0.3, -0.25) is 4.79 Å². The Kier molecular flexibility index (Phi) is 3.12. The molecule has 2 aromatic rings. The minimum atomic E-state index is -0.251. The van der Waals surface area contributed by atoms with Crippen LogP contribution in [-0.4, -0.2) is 22.2 Å². The maximum Gasteiger partial charge on any atom is 0.246 e. The molecule has 0 aliphatic carbocycles. The predicted octanol–water partition coefficient (Wildman–Crippen LogP) is 2.24. The van der Waals surface area contributed by atoms with Crippen LogP contribution in [0.25, 0.3) is 5.69 Å². The molecule has 3 rings (SSSR count). The number of fused-ring (bicyclic) bond motifs is 1. The minimum absolute atomic E-state index is 0.00403. The third-order valence-electron chi connectivity index (χ3n) is 3.09. The number of anilines is 1. The zero-order valence-corrected chi connectivity index (χ0v) is 11.9. The van der Waals surface area contributed by atoms with Gasteiger partial charge in [-0.1, -0.05) is 13.0 Å². The summed E-state index contributed by atoms with van der Waals surface area (Å²) in [5.41, 5.74) is 2.75. The highest BCUT2D eigenvalue weighted by Crippen LogP contribution is 2.32. The van der Waals surface area contributed by atoms with Crippen molar-refractivity contribution < 1.29 is 4.79 Å². The van der Waals surface area contributed by atoms with Gasteiger partial charge in [0.2, 0.25) is 5.91 Å². The van der Waals surface area contributed by atoms with Crippen molar-refractivity contribution in [3.05, 3.63) is 40.6 Å². The average molecular weight is 321 g/mol. The number of hydrogen-bond donors (Lipinski definition) is 2. The van der Waals surface area contributed by atoms with E-state index in [1.54, 1.807) is 10.9 Å². The van der Waals surface area contributed by atoms with Crippen LogP contribution in [0, 0.1) is 0 Å². The first-order valence-corrected chi connectivity index (χ1v) is 6.87. The molecule has 0 fully saturated rings. The normalized spacial score (nSPS) is 17.4. The molecule has 1 aliphatic rings. The third kappa shape index (κ3) is 2.17. The number of nitrogens with zero attached hydrogens (tertiary/aromatic N) is 2. The number of benzene rings is 1. The van der Waals surface area contributed by atoms with Gasteiger partial charge in [-0.05, 0) is 34.6 Å². The smallest absolute Gasteiger partial charge is 0.246 e. The number of aromatic nitrogens is 2. The van der Waals surface area contributed by atoms with Gasteiger partial charge in [0.15, 0.2) is 0 Å². The number of amides is 1. The Morgan fingerprint density at radius 2 is 2.37 bits per heavy atom. The molecule has 1 atom stereocenters. The topological polar surface area (TPSA) is 59.0 Å². The van der Waals surface area contributed by atoms with Gasteiger partial charge in [0, 0.05) is 17.4 Å². The van der Waals surface area contributed by atoms with Gasteiger partial charge < -0.3 is 10.6 Å². The van der Waals surface area contributed by atoms with E-state index in [2.05, 4.69) is 31.7 Å². The number of hydrogen-bond acceptors (Lipinski definition) is 3. The Bertz CT molecular complexity index is 637. The van der Waals surface area contributed by atoms with Crippen LogP contribution >= 0.6 is 15.9 Å². The molecule has 19 heavy (non-hydrogen) atoms. The summed E-state index contributed by atoms with van der Waals surface area (Å²) in [7, 11) is 0. The fraction of sp³-hybridized carbons (Fsp3) is 0.231.